The van der Waals surface area contributed by atoms with Gasteiger partial charge >= 0.3 is 5.69 Å². The second-order valence-corrected chi connectivity index (χ2v) is 7.68. The number of aromatic nitrogens is 3. The highest BCUT2D eigenvalue weighted by Gasteiger charge is 2.19. The van der Waals surface area contributed by atoms with Gasteiger partial charge in [-0.15, -0.1) is 0 Å². The Labute approximate surface area is 185 Å². The maximum absolute atomic E-state index is 13.4. The summed E-state index contributed by atoms with van der Waals surface area (Å²) in [4.78, 5) is 44.1. The fourth-order valence-electron chi connectivity index (χ4n) is 3.91. The number of rotatable bonds is 5. The molecule has 0 aliphatic rings. The molecule has 0 bridgehead atoms. The van der Waals surface area contributed by atoms with E-state index in [1.54, 1.807) is 43.3 Å². The summed E-state index contributed by atoms with van der Waals surface area (Å²) in [7, 11) is 0. The monoisotopic (exact) mass is 428 g/mol. The summed E-state index contributed by atoms with van der Waals surface area (Å²) in [6, 6.07) is 18.3. The number of carbonyl (C=O) groups is 1. The number of hydrogen-bond acceptors (Lipinski definition) is 4. The molecule has 0 saturated heterocycles. The summed E-state index contributed by atoms with van der Waals surface area (Å²) in [5.41, 5.74) is 2.78. The van der Waals surface area contributed by atoms with Crippen molar-refractivity contribution >= 4 is 22.6 Å². The molecule has 0 atom stereocenters. The molecule has 0 unspecified atom stereocenters. The van der Waals surface area contributed by atoms with Crippen LogP contribution in [0.5, 0.6) is 0 Å². The normalized spacial score (nSPS) is 11.0. The van der Waals surface area contributed by atoms with Crippen molar-refractivity contribution in [3.05, 3.63) is 98.3 Å². The van der Waals surface area contributed by atoms with Crippen molar-refractivity contribution in [1.82, 2.24) is 14.1 Å². The molecule has 2 aromatic heterocycles. The molecule has 162 valence electrons. The van der Waals surface area contributed by atoms with Crippen molar-refractivity contribution in [2.45, 2.75) is 33.7 Å². The van der Waals surface area contributed by atoms with E-state index in [0.717, 1.165) is 16.6 Å². The molecule has 0 radical (unpaired) electrons. The third-order valence-corrected chi connectivity index (χ3v) is 5.41. The average molecular weight is 428 g/mol. The first-order valence-corrected chi connectivity index (χ1v) is 10.5. The first-order valence-electron chi connectivity index (χ1n) is 10.5. The van der Waals surface area contributed by atoms with Gasteiger partial charge in [-0.3, -0.25) is 9.59 Å². The predicted molar refractivity (Wildman–Crippen MR) is 126 cm³/mol. The van der Waals surface area contributed by atoms with E-state index in [-0.39, 0.29) is 5.65 Å². The first kappa shape index (κ1) is 21.2. The SMILES string of the molecule is CCc1ccccc1NC(=O)Cn1c(=O)c2c(C)cc(C)nc2n(-c2ccccc2)c1=O. The number of benzene rings is 2. The van der Waals surface area contributed by atoms with Gasteiger partial charge in [-0.25, -0.2) is 18.9 Å². The van der Waals surface area contributed by atoms with Gasteiger partial charge in [0.05, 0.1) is 11.1 Å². The summed E-state index contributed by atoms with van der Waals surface area (Å²) in [5.74, 6) is -0.443. The topological polar surface area (TPSA) is 86.0 Å². The molecule has 32 heavy (non-hydrogen) atoms. The number of fused-ring (bicyclic) bond motifs is 1. The lowest BCUT2D eigenvalue weighted by Gasteiger charge is -2.15. The number of anilines is 1. The van der Waals surface area contributed by atoms with E-state index >= 15 is 0 Å². The van der Waals surface area contributed by atoms with E-state index in [1.807, 2.05) is 38.1 Å². The Morgan fingerprint density at radius 3 is 2.41 bits per heavy atom. The second kappa shape index (κ2) is 8.63. The van der Waals surface area contributed by atoms with Gasteiger partial charge in [-0.2, -0.15) is 0 Å². The fraction of sp³-hybridized carbons (Fsp3) is 0.200. The molecular weight excluding hydrogens is 404 g/mol. The smallest absolute Gasteiger partial charge is 0.324 e. The summed E-state index contributed by atoms with van der Waals surface area (Å²) in [6.07, 6.45) is 0.747. The molecule has 4 rings (SSSR count). The third kappa shape index (κ3) is 3.85. The molecule has 0 saturated carbocycles. The quantitative estimate of drug-likeness (QED) is 0.528. The van der Waals surface area contributed by atoms with Crippen LogP contribution in [0.25, 0.3) is 16.7 Å². The Hall–Kier alpha value is -4.00. The van der Waals surface area contributed by atoms with Crippen molar-refractivity contribution in [2.75, 3.05) is 5.32 Å². The highest BCUT2D eigenvalue weighted by atomic mass is 16.2. The van der Waals surface area contributed by atoms with Crippen LogP contribution in [0.15, 0.2) is 70.3 Å². The average Bonchev–Trinajstić information content (AvgIpc) is 2.77. The maximum atomic E-state index is 13.4. The van der Waals surface area contributed by atoms with Crippen molar-refractivity contribution in [1.29, 1.82) is 0 Å². The Morgan fingerprint density at radius 1 is 1.00 bits per heavy atom. The van der Waals surface area contributed by atoms with Crippen molar-refractivity contribution in [3.8, 4) is 5.69 Å². The van der Waals surface area contributed by atoms with Gasteiger partial charge in [0.25, 0.3) is 5.56 Å². The lowest BCUT2D eigenvalue weighted by atomic mass is 10.1. The van der Waals surface area contributed by atoms with Crippen LogP contribution in [-0.4, -0.2) is 20.0 Å². The van der Waals surface area contributed by atoms with E-state index < -0.39 is 23.7 Å². The number of pyridine rings is 1. The van der Waals surface area contributed by atoms with Crippen molar-refractivity contribution in [3.63, 3.8) is 0 Å². The highest BCUT2D eigenvalue weighted by Crippen LogP contribution is 2.17. The van der Waals surface area contributed by atoms with Crippen LogP contribution < -0.4 is 16.6 Å². The molecule has 0 spiro atoms. The molecule has 7 heteroatoms. The van der Waals surface area contributed by atoms with Crippen LogP contribution in [0.4, 0.5) is 5.69 Å². The number of aryl methyl sites for hydroxylation is 3. The molecule has 1 amide bonds. The van der Waals surface area contributed by atoms with E-state index in [0.29, 0.717) is 28.0 Å². The molecule has 0 aliphatic carbocycles. The van der Waals surface area contributed by atoms with Crippen LogP contribution in [0.1, 0.15) is 23.7 Å². The molecule has 1 N–H and O–H groups in total. The minimum atomic E-state index is -0.606. The van der Waals surface area contributed by atoms with E-state index in [2.05, 4.69) is 10.3 Å². The van der Waals surface area contributed by atoms with Crippen molar-refractivity contribution < 1.29 is 4.79 Å². The minimum absolute atomic E-state index is 0.289. The zero-order valence-electron chi connectivity index (χ0n) is 18.3. The van der Waals surface area contributed by atoms with E-state index in [1.165, 1.54) is 4.57 Å². The summed E-state index contributed by atoms with van der Waals surface area (Å²) >= 11 is 0. The number of nitrogens with one attached hydrogen (secondary N) is 1. The molecule has 0 fully saturated rings. The summed E-state index contributed by atoms with van der Waals surface area (Å²) in [5, 5.41) is 3.15. The van der Waals surface area contributed by atoms with Gasteiger partial charge in [0, 0.05) is 11.4 Å². The van der Waals surface area contributed by atoms with Gasteiger partial charge in [0.15, 0.2) is 5.65 Å². The van der Waals surface area contributed by atoms with Gasteiger partial charge in [-0.1, -0.05) is 43.3 Å². The summed E-state index contributed by atoms with van der Waals surface area (Å²) < 4.78 is 2.37. The molecule has 2 heterocycles. The first-order chi connectivity index (χ1) is 15.4. The largest absolute Gasteiger partial charge is 0.337 e. The van der Waals surface area contributed by atoms with Crippen LogP contribution in [0.3, 0.4) is 0 Å². The number of hydrogen-bond donors (Lipinski definition) is 1. The van der Waals surface area contributed by atoms with Crippen molar-refractivity contribution in [2.24, 2.45) is 0 Å². The van der Waals surface area contributed by atoms with Crippen LogP contribution in [0, 0.1) is 13.8 Å². The Bertz CT molecular complexity index is 1440. The zero-order chi connectivity index (χ0) is 22.8. The molecule has 7 nitrogen and oxygen atoms in total. The van der Waals surface area contributed by atoms with Crippen LogP contribution in [0.2, 0.25) is 0 Å². The van der Waals surface area contributed by atoms with Gasteiger partial charge in [0.1, 0.15) is 6.54 Å². The minimum Gasteiger partial charge on any atom is -0.324 e. The Kier molecular flexibility index (Phi) is 5.73. The summed E-state index contributed by atoms with van der Waals surface area (Å²) in [6.45, 7) is 5.22. The highest BCUT2D eigenvalue weighted by molar-refractivity contribution is 5.91. The molecule has 4 aromatic rings. The van der Waals surface area contributed by atoms with E-state index in [4.69, 9.17) is 0 Å². The standard InChI is InChI=1S/C25H24N4O3/c1-4-18-10-8-9-13-20(18)27-21(30)15-28-24(31)22-16(2)14-17(3)26-23(22)29(25(28)32)19-11-6-5-7-12-19/h5-14H,4,15H2,1-3H3,(H,27,30). The number of carbonyl (C=O) groups excluding carboxylic acids is 1. The molecule has 0 aliphatic heterocycles. The fourth-order valence-corrected chi connectivity index (χ4v) is 3.91. The lowest BCUT2D eigenvalue weighted by Crippen LogP contribution is -2.42. The van der Waals surface area contributed by atoms with Crippen LogP contribution >= 0.6 is 0 Å². The lowest BCUT2D eigenvalue weighted by molar-refractivity contribution is -0.116. The Morgan fingerprint density at radius 2 is 1.69 bits per heavy atom. The third-order valence-electron chi connectivity index (χ3n) is 5.41. The van der Waals surface area contributed by atoms with Crippen LogP contribution in [-0.2, 0) is 17.8 Å². The second-order valence-electron chi connectivity index (χ2n) is 7.68. The predicted octanol–water partition coefficient (Wildman–Crippen LogP) is 3.37. The zero-order valence-corrected chi connectivity index (χ0v) is 18.3. The number of para-hydroxylation sites is 2. The van der Waals surface area contributed by atoms with E-state index in [9.17, 15) is 14.4 Å². The number of amides is 1. The Balaban J connectivity index is 1.88. The van der Waals surface area contributed by atoms with Gasteiger partial charge in [0.2, 0.25) is 5.91 Å². The number of nitrogens with zero attached hydrogens (tertiary/aromatic N) is 3. The van der Waals surface area contributed by atoms with Gasteiger partial charge < -0.3 is 5.32 Å². The maximum Gasteiger partial charge on any atom is 0.337 e. The molecule has 2 aromatic carbocycles. The van der Waals surface area contributed by atoms with Gasteiger partial charge in [-0.05, 0) is 55.7 Å². The molecular formula is C25H24N4O3.